The predicted molar refractivity (Wildman–Crippen MR) is 74.4 cm³/mol. The number of halogens is 1. The van der Waals surface area contributed by atoms with Crippen LogP contribution in [-0.4, -0.2) is 4.98 Å². The number of pyridine rings is 1. The largest absolute Gasteiger partial charge is 0.436 e. The second kappa shape index (κ2) is 4.86. The summed E-state index contributed by atoms with van der Waals surface area (Å²) in [5.74, 6) is 1.13. The Kier molecular flexibility index (Phi) is 3.43. The van der Waals surface area contributed by atoms with Gasteiger partial charge in [-0.2, -0.15) is 4.98 Å². The van der Waals surface area contributed by atoms with E-state index < -0.39 is 0 Å². The minimum atomic E-state index is 0.347. The van der Waals surface area contributed by atoms with Gasteiger partial charge in [0.25, 0.3) is 0 Å². The van der Waals surface area contributed by atoms with Crippen molar-refractivity contribution in [1.82, 2.24) is 4.98 Å². The van der Waals surface area contributed by atoms with Gasteiger partial charge in [-0.3, -0.25) is 0 Å². The molecule has 0 aliphatic heterocycles. The molecule has 2 rings (SSSR count). The lowest BCUT2D eigenvalue weighted by Crippen LogP contribution is -1.98. The van der Waals surface area contributed by atoms with Gasteiger partial charge in [0.2, 0.25) is 5.88 Å². The third-order valence-electron chi connectivity index (χ3n) is 2.93. The molecule has 1 aromatic heterocycles. The highest BCUT2D eigenvalue weighted by molar-refractivity contribution is 6.29. The highest BCUT2D eigenvalue weighted by Crippen LogP contribution is 2.32. The number of nitrogen functional groups attached to an aromatic ring is 1. The molecule has 0 fully saturated rings. The normalized spacial score (nSPS) is 10.4. The molecule has 2 aromatic rings. The van der Waals surface area contributed by atoms with E-state index in [9.17, 15) is 0 Å². The van der Waals surface area contributed by atoms with Crippen LogP contribution < -0.4 is 10.5 Å². The van der Waals surface area contributed by atoms with Crippen LogP contribution in [0.4, 0.5) is 5.69 Å². The molecule has 0 bridgehead atoms. The summed E-state index contributed by atoms with van der Waals surface area (Å²) in [6.45, 7) is 6.04. The number of hydrogen-bond donors (Lipinski definition) is 1. The first-order chi connectivity index (χ1) is 8.49. The molecule has 0 saturated heterocycles. The molecule has 2 N–H and O–H groups in total. The quantitative estimate of drug-likeness (QED) is 0.831. The Balaban J connectivity index is 2.46. The van der Waals surface area contributed by atoms with Gasteiger partial charge in [-0.05, 0) is 49.6 Å². The number of hydrogen-bond acceptors (Lipinski definition) is 3. The van der Waals surface area contributed by atoms with Crippen LogP contribution in [0.2, 0.25) is 5.15 Å². The summed E-state index contributed by atoms with van der Waals surface area (Å²) in [6.07, 6.45) is 0. The van der Waals surface area contributed by atoms with Crippen LogP contribution in [0.3, 0.4) is 0 Å². The van der Waals surface area contributed by atoms with E-state index in [2.05, 4.69) is 11.1 Å². The average Bonchev–Trinajstić information content (AvgIpc) is 2.34. The number of nitrogens with two attached hydrogens (primary N) is 1. The zero-order chi connectivity index (χ0) is 13.3. The molecule has 0 aliphatic rings. The van der Waals surface area contributed by atoms with E-state index in [1.165, 1.54) is 0 Å². The molecular formula is C14H15ClN2O. The van der Waals surface area contributed by atoms with Gasteiger partial charge < -0.3 is 10.5 Å². The monoisotopic (exact) mass is 262 g/mol. The summed E-state index contributed by atoms with van der Waals surface area (Å²) in [4.78, 5) is 4.10. The van der Waals surface area contributed by atoms with Crippen LogP contribution in [-0.2, 0) is 0 Å². The number of anilines is 1. The summed E-state index contributed by atoms with van der Waals surface area (Å²) in [5, 5.41) is 0.363. The van der Waals surface area contributed by atoms with Crippen molar-refractivity contribution in [3.05, 3.63) is 46.1 Å². The van der Waals surface area contributed by atoms with Gasteiger partial charge in [-0.25, -0.2) is 0 Å². The Bertz CT molecular complexity index is 597. The smallest absolute Gasteiger partial charge is 0.244 e. The molecule has 3 nitrogen and oxygen atoms in total. The van der Waals surface area contributed by atoms with Gasteiger partial charge >= 0.3 is 0 Å². The van der Waals surface area contributed by atoms with Crippen molar-refractivity contribution < 1.29 is 4.74 Å². The first-order valence-corrected chi connectivity index (χ1v) is 6.03. The molecular weight excluding hydrogens is 248 g/mol. The van der Waals surface area contributed by atoms with Gasteiger partial charge in [-0.15, -0.1) is 0 Å². The molecule has 4 heteroatoms. The fraction of sp³-hybridized carbons (Fsp3) is 0.214. The lowest BCUT2D eigenvalue weighted by molar-refractivity contribution is 0.458. The molecule has 1 aromatic carbocycles. The molecule has 0 amide bonds. The first kappa shape index (κ1) is 12.7. The predicted octanol–water partition coefficient (Wildman–Crippen LogP) is 4.03. The molecule has 0 radical (unpaired) electrons. The summed E-state index contributed by atoms with van der Waals surface area (Å²) in [7, 11) is 0. The molecule has 0 aliphatic carbocycles. The SMILES string of the molecule is Cc1ccc(C)c(Oc2nc(Cl)ccc2N)c1C. The fourth-order valence-corrected chi connectivity index (χ4v) is 1.83. The topological polar surface area (TPSA) is 48.1 Å². The van der Waals surface area contributed by atoms with Crippen molar-refractivity contribution in [2.75, 3.05) is 5.73 Å². The molecule has 1 heterocycles. The number of rotatable bonds is 2. The highest BCUT2D eigenvalue weighted by atomic mass is 35.5. The fourth-order valence-electron chi connectivity index (χ4n) is 1.69. The lowest BCUT2D eigenvalue weighted by atomic mass is 10.1. The van der Waals surface area contributed by atoms with Gasteiger partial charge in [0, 0.05) is 0 Å². The van der Waals surface area contributed by atoms with Gasteiger partial charge in [0.1, 0.15) is 10.9 Å². The number of benzene rings is 1. The molecule has 0 spiro atoms. The van der Waals surface area contributed by atoms with E-state index in [1.54, 1.807) is 12.1 Å². The van der Waals surface area contributed by atoms with E-state index in [0.29, 0.717) is 16.7 Å². The minimum Gasteiger partial charge on any atom is -0.436 e. The second-order valence-electron chi connectivity index (χ2n) is 4.28. The summed E-state index contributed by atoms with van der Waals surface area (Å²) in [5.41, 5.74) is 9.59. The maximum absolute atomic E-state index is 5.85. The van der Waals surface area contributed by atoms with Gasteiger partial charge in [0.15, 0.2) is 0 Å². The molecule has 0 unspecified atom stereocenters. The van der Waals surface area contributed by atoms with Crippen LogP contribution in [0.25, 0.3) is 0 Å². The second-order valence-corrected chi connectivity index (χ2v) is 4.67. The lowest BCUT2D eigenvalue weighted by Gasteiger charge is -2.14. The van der Waals surface area contributed by atoms with Crippen molar-refractivity contribution in [3.8, 4) is 11.6 Å². The highest BCUT2D eigenvalue weighted by Gasteiger charge is 2.11. The standard InChI is InChI=1S/C14H15ClN2O/c1-8-4-5-9(2)13(10(8)3)18-14-11(16)6-7-12(15)17-14/h4-7H,16H2,1-3H3. The third kappa shape index (κ3) is 2.41. The maximum atomic E-state index is 5.85. The van der Waals surface area contributed by atoms with Crippen LogP contribution in [0.5, 0.6) is 11.6 Å². The van der Waals surface area contributed by atoms with E-state index in [-0.39, 0.29) is 0 Å². The van der Waals surface area contributed by atoms with E-state index in [1.807, 2.05) is 26.8 Å². The van der Waals surface area contributed by atoms with Crippen molar-refractivity contribution >= 4 is 17.3 Å². The number of ether oxygens (including phenoxy) is 1. The molecule has 94 valence electrons. The van der Waals surface area contributed by atoms with Crippen LogP contribution in [0, 0.1) is 20.8 Å². The third-order valence-corrected chi connectivity index (χ3v) is 3.14. The van der Waals surface area contributed by atoms with Crippen LogP contribution in [0.15, 0.2) is 24.3 Å². The van der Waals surface area contributed by atoms with Crippen molar-refractivity contribution in [2.24, 2.45) is 0 Å². The molecule has 0 saturated carbocycles. The zero-order valence-electron chi connectivity index (χ0n) is 10.6. The average molecular weight is 263 g/mol. The number of aryl methyl sites for hydroxylation is 2. The van der Waals surface area contributed by atoms with Gasteiger partial charge in [0.05, 0.1) is 5.69 Å². The Morgan fingerprint density at radius 2 is 1.72 bits per heavy atom. The Hall–Kier alpha value is -1.74. The summed E-state index contributed by atoms with van der Waals surface area (Å²) >= 11 is 5.85. The maximum Gasteiger partial charge on any atom is 0.244 e. The van der Waals surface area contributed by atoms with E-state index >= 15 is 0 Å². The van der Waals surface area contributed by atoms with E-state index in [0.717, 1.165) is 22.4 Å². The zero-order valence-corrected chi connectivity index (χ0v) is 11.4. The van der Waals surface area contributed by atoms with E-state index in [4.69, 9.17) is 22.1 Å². The van der Waals surface area contributed by atoms with Crippen molar-refractivity contribution in [3.63, 3.8) is 0 Å². The molecule has 0 atom stereocenters. The Morgan fingerprint density at radius 3 is 2.44 bits per heavy atom. The van der Waals surface area contributed by atoms with Gasteiger partial charge in [-0.1, -0.05) is 23.7 Å². The van der Waals surface area contributed by atoms with Crippen LogP contribution in [0.1, 0.15) is 16.7 Å². The summed E-state index contributed by atoms with van der Waals surface area (Å²) < 4.78 is 5.81. The summed E-state index contributed by atoms with van der Waals surface area (Å²) in [6, 6.07) is 7.40. The Morgan fingerprint density at radius 1 is 1.06 bits per heavy atom. The van der Waals surface area contributed by atoms with Crippen molar-refractivity contribution in [1.29, 1.82) is 0 Å². The Labute approximate surface area is 112 Å². The molecule has 18 heavy (non-hydrogen) atoms. The minimum absolute atomic E-state index is 0.347. The number of nitrogens with zero attached hydrogens (tertiary/aromatic N) is 1. The first-order valence-electron chi connectivity index (χ1n) is 5.65. The van der Waals surface area contributed by atoms with Crippen molar-refractivity contribution in [2.45, 2.75) is 20.8 Å². The number of aromatic nitrogens is 1. The van der Waals surface area contributed by atoms with Crippen LogP contribution >= 0.6 is 11.6 Å².